The molecule has 102 valence electrons. The summed E-state index contributed by atoms with van der Waals surface area (Å²) < 4.78 is 0.558. The molecule has 2 aromatic carbocycles. The van der Waals surface area contributed by atoms with Gasteiger partial charge in [0.2, 0.25) is 0 Å². The third-order valence-electron chi connectivity index (χ3n) is 3.50. The first-order valence-corrected chi connectivity index (χ1v) is 7.15. The lowest BCUT2D eigenvalue weighted by Gasteiger charge is -2.14. The van der Waals surface area contributed by atoms with Gasteiger partial charge in [0.05, 0.1) is 9.40 Å². The van der Waals surface area contributed by atoms with Crippen molar-refractivity contribution in [2.24, 2.45) is 0 Å². The third kappa shape index (κ3) is 2.59. The molecule has 0 radical (unpaired) electrons. The number of nitro benzene ring substituents is 1. The molecule has 0 aliphatic carbocycles. The lowest BCUT2D eigenvalue weighted by atomic mass is 10.1. The molecular weight excluding hydrogens is 320 g/mol. The van der Waals surface area contributed by atoms with Gasteiger partial charge in [-0.3, -0.25) is 15.0 Å². The van der Waals surface area contributed by atoms with Crippen molar-refractivity contribution in [1.29, 1.82) is 0 Å². The van der Waals surface area contributed by atoms with Crippen molar-refractivity contribution >= 4 is 21.6 Å². The van der Waals surface area contributed by atoms with Crippen molar-refractivity contribution < 1.29 is 4.92 Å². The second-order valence-electron chi connectivity index (χ2n) is 4.96. The Kier molecular flexibility index (Phi) is 3.54. The first-order valence-electron chi connectivity index (χ1n) is 6.35. The van der Waals surface area contributed by atoms with Crippen LogP contribution in [0, 0.1) is 10.1 Å². The monoisotopic (exact) mass is 332 g/mol. The highest BCUT2D eigenvalue weighted by molar-refractivity contribution is 9.10. The molecule has 5 heteroatoms. The number of hydrogen-bond acceptors (Lipinski definition) is 3. The minimum atomic E-state index is -0.343. The van der Waals surface area contributed by atoms with Crippen LogP contribution in [0.25, 0.3) is 0 Å². The first-order chi connectivity index (χ1) is 9.63. The molecule has 3 rings (SSSR count). The van der Waals surface area contributed by atoms with Gasteiger partial charge in [-0.25, -0.2) is 0 Å². The number of benzene rings is 2. The summed E-state index contributed by atoms with van der Waals surface area (Å²) in [6, 6.07) is 13.8. The maximum atomic E-state index is 11.0. The van der Waals surface area contributed by atoms with Gasteiger partial charge in [0.25, 0.3) is 5.69 Å². The summed E-state index contributed by atoms with van der Waals surface area (Å²) in [7, 11) is 0. The maximum absolute atomic E-state index is 11.0. The average Bonchev–Trinajstić information content (AvgIpc) is 2.79. The van der Waals surface area contributed by atoms with E-state index in [0.29, 0.717) is 4.47 Å². The van der Waals surface area contributed by atoms with Crippen LogP contribution in [-0.2, 0) is 19.6 Å². The minimum absolute atomic E-state index is 0.144. The van der Waals surface area contributed by atoms with Crippen LogP contribution in [0.1, 0.15) is 16.7 Å². The van der Waals surface area contributed by atoms with E-state index in [1.54, 1.807) is 6.07 Å². The van der Waals surface area contributed by atoms with Crippen LogP contribution in [0.5, 0.6) is 0 Å². The summed E-state index contributed by atoms with van der Waals surface area (Å²) in [6.45, 7) is 2.46. The van der Waals surface area contributed by atoms with Crippen molar-refractivity contribution in [1.82, 2.24) is 4.90 Å². The van der Waals surface area contributed by atoms with E-state index in [-0.39, 0.29) is 10.6 Å². The molecule has 0 amide bonds. The van der Waals surface area contributed by atoms with Crippen LogP contribution >= 0.6 is 15.9 Å². The van der Waals surface area contributed by atoms with Crippen molar-refractivity contribution in [3.63, 3.8) is 0 Å². The normalized spacial score (nSPS) is 14.2. The largest absolute Gasteiger partial charge is 0.291 e. The summed E-state index contributed by atoms with van der Waals surface area (Å²) in [5.74, 6) is 0. The second-order valence-corrected chi connectivity index (χ2v) is 5.81. The Labute approximate surface area is 125 Å². The Morgan fingerprint density at radius 3 is 2.45 bits per heavy atom. The molecule has 2 aromatic rings. The van der Waals surface area contributed by atoms with Crippen LogP contribution < -0.4 is 0 Å². The highest BCUT2D eigenvalue weighted by Gasteiger charge is 2.24. The fourth-order valence-electron chi connectivity index (χ4n) is 2.57. The smallest absolute Gasteiger partial charge is 0.283 e. The van der Waals surface area contributed by atoms with Crippen molar-refractivity contribution in [3.05, 3.63) is 73.7 Å². The van der Waals surface area contributed by atoms with E-state index in [2.05, 4.69) is 33.0 Å². The van der Waals surface area contributed by atoms with Crippen molar-refractivity contribution in [2.75, 3.05) is 0 Å². The number of fused-ring (bicyclic) bond motifs is 1. The molecule has 4 nitrogen and oxygen atoms in total. The van der Waals surface area contributed by atoms with Gasteiger partial charge in [-0.05, 0) is 38.7 Å². The lowest BCUT2D eigenvalue weighted by Crippen LogP contribution is -2.15. The van der Waals surface area contributed by atoms with Gasteiger partial charge in [-0.15, -0.1) is 0 Å². The lowest BCUT2D eigenvalue weighted by molar-refractivity contribution is -0.385. The van der Waals surface area contributed by atoms with E-state index < -0.39 is 0 Å². The summed E-state index contributed by atoms with van der Waals surface area (Å²) in [4.78, 5) is 12.9. The topological polar surface area (TPSA) is 46.4 Å². The SMILES string of the molecule is O=[N+]([O-])c1cc2c(cc1Br)CN(Cc1ccccc1)C2. The van der Waals surface area contributed by atoms with Crippen molar-refractivity contribution in [3.8, 4) is 0 Å². The third-order valence-corrected chi connectivity index (χ3v) is 4.14. The van der Waals surface area contributed by atoms with Crippen LogP contribution in [-0.4, -0.2) is 9.82 Å². The molecule has 20 heavy (non-hydrogen) atoms. The van der Waals surface area contributed by atoms with Gasteiger partial charge in [0.15, 0.2) is 0 Å². The fraction of sp³-hybridized carbons (Fsp3) is 0.200. The van der Waals surface area contributed by atoms with Gasteiger partial charge < -0.3 is 0 Å². The van der Waals surface area contributed by atoms with Crippen LogP contribution in [0.4, 0.5) is 5.69 Å². The Hall–Kier alpha value is -1.72. The number of nitro groups is 1. The summed E-state index contributed by atoms with van der Waals surface area (Å²) >= 11 is 3.28. The molecule has 0 bridgehead atoms. The Morgan fingerprint density at radius 1 is 1.15 bits per heavy atom. The average molecular weight is 333 g/mol. The summed E-state index contributed by atoms with van der Waals surface area (Å²) in [5, 5.41) is 11.0. The minimum Gasteiger partial charge on any atom is -0.291 e. The van der Waals surface area contributed by atoms with E-state index in [9.17, 15) is 10.1 Å². The molecule has 0 saturated heterocycles. The number of rotatable bonds is 3. The summed E-state index contributed by atoms with van der Waals surface area (Å²) in [5.41, 5.74) is 3.62. The molecule has 0 aromatic heterocycles. The summed E-state index contributed by atoms with van der Waals surface area (Å²) in [6.07, 6.45) is 0. The zero-order chi connectivity index (χ0) is 14.1. The molecular formula is C15H13BrN2O2. The van der Waals surface area contributed by atoms with Crippen molar-refractivity contribution in [2.45, 2.75) is 19.6 Å². The van der Waals surface area contributed by atoms with E-state index in [1.807, 2.05) is 24.3 Å². The molecule has 0 fully saturated rings. The predicted octanol–water partition coefficient (Wildman–Crippen LogP) is 3.87. The highest BCUT2D eigenvalue weighted by atomic mass is 79.9. The van der Waals surface area contributed by atoms with Gasteiger partial charge in [0, 0.05) is 25.7 Å². The van der Waals surface area contributed by atoms with Crippen LogP contribution in [0.3, 0.4) is 0 Å². The molecule has 0 saturated carbocycles. The molecule has 0 N–H and O–H groups in total. The molecule has 1 heterocycles. The standard InChI is InChI=1S/C15H13BrN2O2/c16-14-6-12-9-17(8-11-4-2-1-3-5-11)10-13(12)7-15(14)18(19)20/h1-7H,8-10H2. The number of halogens is 1. The molecule has 0 atom stereocenters. The second kappa shape index (κ2) is 5.34. The van der Waals surface area contributed by atoms with E-state index in [0.717, 1.165) is 25.2 Å². The van der Waals surface area contributed by atoms with Crippen LogP contribution in [0.2, 0.25) is 0 Å². The zero-order valence-electron chi connectivity index (χ0n) is 10.8. The van der Waals surface area contributed by atoms with Gasteiger partial charge in [0.1, 0.15) is 0 Å². The van der Waals surface area contributed by atoms with E-state index >= 15 is 0 Å². The van der Waals surface area contributed by atoms with Gasteiger partial charge in [-0.2, -0.15) is 0 Å². The Balaban J connectivity index is 1.80. The number of hydrogen-bond donors (Lipinski definition) is 0. The quantitative estimate of drug-likeness (QED) is 0.633. The molecule has 0 unspecified atom stereocenters. The Morgan fingerprint density at radius 2 is 1.80 bits per heavy atom. The van der Waals surface area contributed by atoms with Crippen LogP contribution in [0.15, 0.2) is 46.9 Å². The fourth-order valence-corrected chi connectivity index (χ4v) is 3.11. The van der Waals surface area contributed by atoms with E-state index in [4.69, 9.17) is 0 Å². The molecule has 1 aliphatic rings. The van der Waals surface area contributed by atoms with Gasteiger partial charge in [-0.1, -0.05) is 30.3 Å². The molecule has 0 spiro atoms. The zero-order valence-corrected chi connectivity index (χ0v) is 12.3. The predicted molar refractivity (Wildman–Crippen MR) is 80.2 cm³/mol. The van der Waals surface area contributed by atoms with Gasteiger partial charge >= 0.3 is 0 Å². The van der Waals surface area contributed by atoms with E-state index in [1.165, 1.54) is 11.1 Å². The maximum Gasteiger partial charge on any atom is 0.283 e. The Bertz CT molecular complexity index is 658. The number of nitrogens with zero attached hydrogens (tertiary/aromatic N) is 2. The highest BCUT2D eigenvalue weighted by Crippen LogP contribution is 2.33. The molecule has 1 aliphatic heterocycles. The first kappa shape index (κ1) is 13.3.